The molecule has 3 N–H and O–H groups in total. The maximum Gasteiger partial charge on any atom is 0.233 e. The van der Waals surface area contributed by atoms with Crippen LogP contribution in [-0.4, -0.2) is 27.3 Å². The van der Waals surface area contributed by atoms with Crippen molar-refractivity contribution in [1.29, 1.82) is 0 Å². The average Bonchev–Trinajstić information content (AvgIpc) is 2.88. The van der Waals surface area contributed by atoms with Gasteiger partial charge in [0, 0.05) is 11.3 Å². The third-order valence-corrected chi connectivity index (χ3v) is 7.74. The van der Waals surface area contributed by atoms with Crippen LogP contribution in [0.25, 0.3) is 11.1 Å². The second-order valence-corrected chi connectivity index (χ2v) is 9.96. The SMILES string of the molecule is O=C1[C@H](CC[C@H](O)C2CCCCC2)[C@@H](c2ccc(-c3cccc(O)c3)cc2O)N1c1ccccc1. The van der Waals surface area contributed by atoms with Gasteiger partial charge in [-0.25, -0.2) is 0 Å². The molecule has 5 nitrogen and oxygen atoms in total. The topological polar surface area (TPSA) is 81.0 Å². The molecule has 35 heavy (non-hydrogen) atoms. The number of para-hydroxylation sites is 1. The molecule has 1 saturated heterocycles. The van der Waals surface area contributed by atoms with Crippen LogP contribution in [-0.2, 0) is 4.79 Å². The second-order valence-electron chi connectivity index (χ2n) is 9.96. The number of aromatic hydroxyl groups is 2. The lowest BCUT2D eigenvalue weighted by Crippen LogP contribution is -2.55. The molecule has 3 aromatic carbocycles. The maximum atomic E-state index is 13.3. The molecule has 3 atom stereocenters. The lowest BCUT2D eigenvalue weighted by molar-refractivity contribution is -0.131. The molecule has 0 bridgehead atoms. The number of phenolic OH excluding ortho intramolecular Hbond substituents is 2. The number of aliphatic hydroxyl groups excluding tert-OH is 1. The van der Waals surface area contributed by atoms with Crippen molar-refractivity contribution < 1.29 is 20.1 Å². The number of β-lactam (4-membered cyclic amide) rings is 1. The number of hydrogen-bond acceptors (Lipinski definition) is 4. The smallest absolute Gasteiger partial charge is 0.233 e. The molecule has 0 spiro atoms. The molecule has 182 valence electrons. The van der Waals surface area contributed by atoms with Gasteiger partial charge in [0.1, 0.15) is 11.5 Å². The summed E-state index contributed by atoms with van der Waals surface area (Å²) < 4.78 is 0. The molecule has 1 amide bonds. The first kappa shape index (κ1) is 23.4. The number of phenols is 2. The zero-order chi connectivity index (χ0) is 24.4. The molecule has 2 aliphatic rings. The van der Waals surface area contributed by atoms with E-state index in [1.165, 1.54) is 19.3 Å². The molecule has 1 aliphatic carbocycles. The van der Waals surface area contributed by atoms with Crippen LogP contribution in [0, 0.1) is 11.8 Å². The minimum atomic E-state index is -0.378. The highest BCUT2D eigenvalue weighted by Crippen LogP contribution is 2.49. The van der Waals surface area contributed by atoms with Crippen molar-refractivity contribution in [2.75, 3.05) is 4.90 Å². The molecule has 1 saturated carbocycles. The van der Waals surface area contributed by atoms with Crippen LogP contribution in [0.3, 0.4) is 0 Å². The predicted molar refractivity (Wildman–Crippen MR) is 137 cm³/mol. The van der Waals surface area contributed by atoms with Crippen molar-refractivity contribution in [1.82, 2.24) is 0 Å². The summed E-state index contributed by atoms with van der Waals surface area (Å²) in [5.41, 5.74) is 3.12. The number of benzene rings is 3. The Balaban J connectivity index is 1.41. The minimum absolute atomic E-state index is 0.0357. The van der Waals surface area contributed by atoms with E-state index in [4.69, 9.17) is 0 Å². The second kappa shape index (κ2) is 10.1. The summed E-state index contributed by atoms with van der Waals surface area (Å²) in [6.07, 6.45) is 6.54. The highest BCUT2D eigenvalue weighted by molar-refractivity contribution is 6.03. The molecular formula is C30H33NO4. The van der Waals surface area contributed by atoms with Gasteiger partial charge in [0.05, 0.1) is 18.1 Å². The Kier molecular flexibility index (Phi) is 6.78. The number of carbonyl (C=O) groups is 1. The Bertz CT molecular complexity index is 1170. The molecule has 1 aliphatic heterocycles. The Hall–Kier alpha value is -3.31. The van der Waals surface area contributed by atoms with E-state index in [-0.39, 0.29) is 35.5 Å². The van der Waals surface area contributed by atoms with Gasteiger partial charge >= 0.3 is 0 Å². The molecule has 2 fully saturated rings. The molecule has 5 heteroatoms. The van der Waals surface area contributed by atoms with Crippen LogP contribution in [0.5, 0.6) is 11.5 Å². The van der Waals surface area contributed by atoms with Gasteiger partial charge in [0.15, 0.2) is 0 Å². The summed E-state index contributed by atoms with van der Waals surface area (Å²) in [6, 6.07) is 21.7. The quantitative estimate of drug-likeness (QED) is 0.359. The monoisotopic (exact) mass is 471 g/mol. The number of amides is 1. The number of anilines is 1. The molecule has 0 radical (unpaired) electrons. The van der Waals surface area contributed by atoms with Crippen molar-refractivity contribution in [3.8, 4) is 22.6 Å². The number of hydrogen-bond donors (Lipinski definition) is 3. The van der Waals surface area contributed by atoms with Gasteiger partial charge in [-0.2, -0.15) is 0 Å². The first-order valence-corrected chi connectivity index (χ1v) is 12.7. The maximum absolute atomic E-state index is 13.3. The van der Waals surface area contributed by atoms with E-state index in [0.29, 0.717) is 24.3 Å². The normalized spacial score (nSPS) is 21.5. The number of nitrogens with zero attached hydrogens (tertiary/aromatic N) is 1. The first-order valence-electron chi connectivity index (χ1n) is 12.7. The predicted octanol–water partition coefficient (Wildman–Crippen LogP) is 6.19. The first-order chi connectivity index (χ1) is 17.0. The Morgan fingerprint density at radius 1 is 0.857 bits per heavy atom. The molecule has 1 heterocycles. The zero-order valence-electron chi connectivity index (χ0n) is 19.9. The van der Waals surface area contributed by atoms with Gasteiger partial charge in [-0.05, 0) is 73.1 Å². The van der Waals surface area contributed by atoms with Gasteiger partial charge in [0.25, 0.3) is 0 Å². The fraction of sp³-hybridized carbons (Fsp3) is 0.367. The van der Waals surface area contributed by atoms with E-state index in [2.05, 4.69) is 0 Å². The van der Waals surface area contributed by atoms with E-state index >= 15 is 0 Å². The lowest BCUT2D eigenvalue weighted by atomic mass is 9.76. The van der Waals surface area contributed by atoms with E-state index in [9.17, 15) is 20.1 Å². The lowest BCUT2D eigenvalue weighted by Gasteiger charge is -2.48. The number of carbonyl (C=O) groups excluding carboxylic acids is 1. The van der Waals surface area contributed by atoms with Crippen LogP contribution in [0.15, 0.2) is 72.8 Å². The molecule has 0 aromatic heterocycles. The van der Waals surface area contributed by atoms with Crippen molar-refractivity contribution in [2.45, 2.75) is 57.1 Å². The standard InChI is InChI=1S/C30H33NO4/c32-24-13-7-10-21(18-24)22-14-15-25(28(34)19-22)29-26(16-17-27(33)20-8-3-1-4-9-20)30(35)31(29)23-11-5-2-6-12-23/h2,5-7,10-15,18-20,26-27,29,32-34H,1,3-4,8-9,16-17H2/t26-,27+,29-/m1/s1. The van der Waals surface area contributed by atoms with E-state index < -0.39 is 0 Å². The third kappa shape index (κ3) is 4.78. The largest absolute Gasteiger partial charge is 0.508 e. The van der Waals surface area contributed by atoms with Crippen LogP contribution in [0.4, 0.5) is 5.69 Å². The Morgan fingerprint density at radius 3 is 2.31 bits per heavy atom. The summed E-state index contributed by atoms with van der Waals surface area (Å²) >= 11 is 0. The fourth-order valence-electron chi connectivity index (χ4n) is 5.83. The van der Waals surface area contributed by atoms with Gasteiger partial charge in [-0.1, -0.05) is 61.7 Å². The number of aliphatic hydroxyl groups is 1. The van der Waals surface area contributed by atoms with E-state index in [1.807, 2.05) is 48.5 Å². The van der Waals surface area contributed by atoms with Crippen LogP contribution in [0.2, 0.25) is 0 Å². The van der Waals surface area contributed by atoms with Crippen LogP contribution < -0.4 is 4.90 Å². The van der Waals surface area contributed by atoms with Crippen LogP contribution >= 0.6 is 0 Å². The summed E-state index contributed by atoms with van der Waals surface area (Å²) in [7, 11) is 0. The van der Waals surface area contributed by atoms with Gasteiger partial charge in [-0.3, -0.25) is 4.79 Å². The van der Waals surface area contributed by atoms with Gasteiger partial charge in [0.2, 0.25) is 5.91 Å². The summed E-state index contributed by atoms with van der Waals surface area (Å²) in [5, 5.41) is 31.7. The van der Waals surface area contributed by atoms with Gasteiger partial charge < -0.3 is 20.2 Å². The molecule has 3 aromatic rings. The highest BCUT2D eigenvalue weighted by atomic mass is 16.3. The summed E-state index contributed by atoms with van der Waals surface area (Å²) in [6.45, 7) is 0. The van der Waals surface area contributed by atoms with Crippen molar-refractivity contribution in [3.63, 3.8) is 0 Å². The molecule has 5 rings (SSSR count). The van der Waals surface area contributed by atoms with Crippen molar-refractivity contribution in [3.05, 3.63) is 78.4 Å². The highest BCUT2D eigenvalue weighted by Gasteiger charge is 2.49. The Labute approximate surface area is 206 Å². The average molecular weight is 472 g/mol. The van der Waals surface area contributed by atoms with Gasteiger partial charge in [-0.15, -0.1) is 0 Å². The fourth-order valence-corrected chi connectivity index (χ4v) is 5.83. The molecule has 0 unspecified atom stereocenters. The summed E-state index contributed by atoms with van der Waals surface area (Å²) in [5.74, 6) is 0.377. The van der Waals surface area contributed by atoms with Crippen molar-refractivity contribution in [2.24, 2.45) is 11.8 Å². The van der Waals surface area contributed by atoms with Crippen LogP contribution in [0.1, 0.15) is 56.6 Å². The molecular weight excluding hydrogens is 438 g/mol. The Morgan fingerprint density at radius 2 is 1.60 bits per heavy atom. The minimum Gasteiger partial charge on any atom is -0.508 e. The number of rotatable bonds is 7. The zero-order valence-corrected chi connectivity index (χ0v) is 19.9. The van der Waals surface area contributed by atoms with E-state index in [0.717, 1.165) is 29.7 Å². The summed E-state index contributed by atoms with van der Waals surface area (Å²) in [4.78, 5) is 15.1. The third-order valence-electron chi connectivity index (χ3n) is 7.74. The van der Waals surface area contributed by atoms with E-state index in [1.54, 1.807) is 29.2 Å². The van der Waals surface area contributed by atoms with Crippen molar-refractivity contribution >= 4 is 11.6 Å².